The third kappa shape index (κ3) is 4.36. The van der Waals surface area contributed by atoms with E-state index in [1.165, 1.54) is 11.8 Å². The summed E-state index contributed by atoms with van der Waals surface area (Å²) >= 11 is 6.57. The number of carbonyl (C=O) groups is 1. The van der Waals surface area contributed by atoms with Crippen LogP contribution < -0.4 is 5.32 Å². The normalized spacial score (nSPS) is 12.1. The first-order chi connectivity index (χ1) is 12.6. The number of hydrogen-bond donors (Lipinski definition) is 1. The van der Waals surface area contributed by atoms with Gasteiger partial charge >= 0.3 is 0 Å². The quantitative estimate of drug-likeness (QED) is 0.527. The van der Waals surface area contributed by atoms with E-state index in [4.69, 9.17) is 0 Å². The van der Waals surface area contributed by atoms with Crippen LogP contribution in [0.5, 0.6) is 0 Å². The van der Waals surface area contributed by atoms with Crippen LogP contribution in [0.2, 0.25) is 0 Å². The monoisotopic (exact) mass is 450 g/mol. The summed E-state index contributed by atoms with van der Waals surface area (Å²) in [6.45, 7) is 4.79. The molecule has 0 spiro atoms. The predicted molar refractivity (Wildman–Crippen MR) is 110 cm³/mol. The molecule has 2 aromatic heterocycles. The fourth-order valence-corrected chi connectivity index (χ4v) is 4.74. The highest BCUT2D eigenvalue weighted by molar-refractivity contribution is 9.10. The van der Waals surface area contributed by atoms with Crippen molar-refractivity contribution in [3.63, 3.8) is 0 Å². The molecule has 8 heteroatoms. The fourth-order valence-electron chi connectivity index (χ4n) is 2.59. The Morgan fingerprint density at radius 1 is 1.31 bits per heavy atom. The van der Waals surface area contributed by atoms with Crippen LogP contribution in [0.25, 0.3) is 10.7 Å². The second kappa shape index (κ2) is 8.83. The summed E-state index contributed by atoms with van der Waals surface area (Å²) in [5.74, 6) is 1.13. The molecule has 3 rings (SSSR count). The number of rotatable bonds is 7. The summed E-state index contributed by atoms with van der Waals surface area (Å²) in [5, 5.41) is 14.4. The van der Waals surface area contributed by atoms with E-state index in [2.05, 4.69) is 38.4 Å². The van der Waals surface area contributed by atoms with Gasteiger partial charge in [0, 0.05) is 11.0 Å². The summed E-state index contributed by atoms with van der Waals surface area (Å²) in [6.07, 6.45) is 0. The zero-order chi connectivity index (χ0) is 18.5. The predicted octanol–water partition coefficient (Wildman–Crippen LogP) is 4.76. The number of nitrogens with one attached hydrogen (secondary N) is 1. The molecule has 26 heavy (non-hydrogen) atoms. The molecule has 1 atom stereocenters. The molecule has 0 aliphatic heterocycles. The van der Waals surface area contributed by atoms with E-state index < -0.39 is 0 Å². The van der Waals surface area contributed by atoms with Gasteiger partial charge in [0.05, 0.1) is 16.7 Å². The Bertz CT molecular complexity index is 879. The van der Waals surface area contributed by atoms with Crippen LogP contribution in [-0.4, -0.2) is 26.4 Å². The lowest BCUT2D eigenvalue weighted by molar-refractivity contribution is -0.119. The lowest BCUT2D eigenvalue weighted by Crippen LogP contribution is -2.28. The van der Waals surface area contributed by atoms with Crippen molar-refractivity contribution in [3.05, 3.63) is 51.8 Å². The van der Waals surface area contributed by atoms with Crippen LogP contribution in [0.15, 0.2) is 51.4 Å². The van der Waals surface area contributed by atoms with Crippen LogP contribution in [0.4, 0.5) is 0 Å². The molecule has 1 N–H and O–H groups in total. The Morgan fingerprint density at radius 3 is 2.81 bits per heavy atom. The Morgan fingerprint density at radius 2 is 2.12 bits per heavy atom. The van der Waals surface area contributed by atoms with E-state index in [9.17, 15) is 4.79 Å². The van der Waals surface area contributed by atoms with Gasteiger partial charge < -0.3 is 9.88 Å². The molecule has 0 saturated heterocycles. The van der Waals surface area contributed by atoms with E-state index in [0.29, 0.717) is 5.75 Å². The van der Waals surface area contributed by atoms with E-state index in [1.807, 2.05) is 53.3 Å². The first kappa shape index (κ1) is 19.1. The molecular formula is C18H19BrN4OS2. The Labute approximate surface area is 169 Å². The molecular weight excluding hydrogens is 432 g/mol. The van der Waals surface area contributed by atoms with E-state index >= 15 is 0 Å². The molecule has 0 fully saturated rings. The number of hydrogen-bond acceptors (Lipinski definition) is 5. The van der Waals surface area contributed by atoms with E-state index in [0.717, 1.165) is 32.4 Å². The zero-order valence-corrected chi connectivity index (χ0v) is 17.7. The molecule has 0 aliphatic rings. The highest BCUT2D eigenvalue weighted by atomic mass is 79.9. The van der Waals surface area contributed by atoms with Crippen LogP contribution in [0.3, 0.4) is 0 Å². The van der Waals surface area contributed by atoms with Crippen molar-refractivity contribution in [2.45, 2.75) is 31.6 Å². The van der Waals surface area contributed by atoms with Crippen LogP contribution >= 0.6 is 39.0 Å². The number of amides is 1. The Balaban J connectivity index is 1.62. The van der Waals surface area contributed by atoms with Gasteiger partial charge in [0.1, 0.15) is 0 Å². The number of thiophene rings is 1. The molecule has 3 aromatic rings. The number of nitrogens with zero attached hydrogens (tertiary/aromatic N) is 3. The van der Waals surface area contributed by atoms with Crippen molar-refractivity contribution in [1.29, 1.82) is 0 Å². The van der Waals surface area contributed by atoms with Crippen LogP contribution in [0.1, 0.15) is 25.5 Å². The number of benzene rings is 1. The minimum absolute atomic E-state index is 0.0263. The molecule has 136 valence electrons. The standard InChI is InChI=1S/C18H19BrN4OS2/c1-3-23-17(15-9-6-10-25-15)21-22-18(23)26-11-16(24)20-12(2)13-7-4-5-8-14(13)19/h4-10,12H,3,11H2,1-2H3,(H,20,24). The van der Waals surface area contributed by atoms with Gasteiger partial charge in [0.2, 0.25) is 5.91 Å². The number of halogens is 1. The van der Waals surface area contributed by atoms with E-state index in [-0.39, 0.29) is 11.9 Å². The maximum absolute atomic E-state index is 12.3. The third-order valence-corrected chi connectivity index (χ3v) is 6.41. The van der Waals surface area contributed by atoms with E-state index in [1.54, 1.807) is 11.3 Å². The van der Waals surface area contributed by atoms with Crippen molar-refractivity contribution >= 4 is 44.9 Å². The smallest absolute Gasteiger partial charge is 0.230 e. The van der Waals surface area contributed by atoms with Gasteiger partial charge in [-0.25, -0.2) is 0 Å². The van der Waals surface area contributed by atoms with Gasteiger partial charge in [0.15, 0.2) is 11.0 Å². The minimum atomic E-state index is -0.0654. The van der Waals surface area contributed by atoms with Crippen LogP contribution in [-0.2, 0) is 11.3 Å². The summed E-state index contributed by atoms with van der Waals surface area (Å²) in [5.41, 5.74) is 1.06. The topological polar surface area (TPSA) is 59.8 Å². The number of carbonyl (C=O) groups excluding carboxylic acids is 1. The molecule has 1 unspecified atom stereocenters. The summed E-state index contributed by atoms with van der Waals surface area (Å²) in [7, 11) is 0. The second-order valence-corrected chi connectivity index (χ2v) is 8.37. The fraction of sp³-hybridized carbons (Fsp3) is 0.278. The van der Waals surface area contributed by atoms with Gasteiger partial charge in [0.25, 0.3) is 0 Å². The molecule has 0 aliphatic carbocycles. The van der Waals surface area contributed by atoms with Gasteiger partial charge in [-0.2, -0.15) is 0 Å². The second-order valence-electron chi connectivity index (χ2n) is 5.63. The summed E-state index contributed by atoms with van der Waals surface area (Å²) < 4.78 is 3.04. The van der Waals surface area contributed by atoms with Gasteiger partial charge in [-0.05, 0) is 36.9 Å². The van der Waals surface area contributed by atoms with Gasteiger partial charge in [-0.15, -0.1) is 21.5 Å². The molecule has 5 nitrogen and oxygen atoms in total. The molecule has 1 aromatic carbocycles. The lowest BCUT2D eigenvalue weighted by atomic mass is 10.1. The molecule has 2 heterocycles. The molecule has 1 amide bonds. The first-order valence-electron chi connectivity index (χ1n) is 8.23. The Kier molecular flexibility index (Phi) is 6.50. The average Bonchev–Trinajstić information content (AvgIpc) is 3.29. The summed E-state index contributed by atoms with van der Waals surface area (Å²) in [6, 6.07) is 11.9. The Hall–Kier alpha value is -1.64. The van der Waals surface area contributed by atoms with Crippen molar-refractivity contribution in [2.75, 3.05) is 5.75 Å². The van der Waals surface area contributed by atoms with Crippen molar-refractivity contribution in [2.24, 2.45) is 0 Å². The SMILES string of the molecule is CCn1c(SCC(=O)NC(C)c2ccccc2Br)nnc1-c1cccs1. The summed E-state index contributed by atoms with van der Waals surface area (Å²) in [4.78, 5) is 13.4. The molecule has 0 radical (unpaired) electrons. The third-order valence-electron chi connectivity index (χ3n) is 3.86. The maximum atomic E-state index is 12.3. The lowest BCUT2D eigenvalue weighted by Gasteiger charge is -2.15. The zero-order valence-electron chi connectivity index (χ0n) is 14.5. The van der Waals surface area contributed by atoms with Crippen molar-refractivity contribution in [3.8, 4) is 10.7 Å². The molecule has 0 bridgehead atoms. The number of thioether (sulfide) groups is 1. The average molecular weight is 451 g/mol. The highest BCUT2D eigenvalue weighted by Gasteiger charge is 2.16. The highest BCUT2D eigenvalue weighted by Crippen LogP contribution is 2.27. The van der Waals surface area contributed by atoms with Crippen LogP contribution in [0, 0.1) is 0 Å². The molecule has 0 saturated carbocycles. The maximum Gasteiger partial charge on any atom is 0.230 e. The van der Waals surface area contributed by atoms with Crippen molar-refractivity contribution in [1.82, 2.24) is 20.1 Å². The number of aromatic nitrogens is 3. The van der Waals surface area contributed by atoms with Crippen molar-refractivity contribution < 1.29 is 4.79 Å². The minimum Gasteiger partial charge on any atom is -0.349 e. The van der Waals surface area contributed by atoms with Gasteiger partial charge in [-0.3, -0.25) is 4.79 Å². The first-order valence-corrected chi connectivity index (χ1v) is 10.9. The largest absolute Gasteiger partial charge is 0.349 e. The van der Waals surface area contributed by atoms with Gasteiger partial charge in [-0.1, -0.05) is 52.0 Å².